The molecule has 0 amide bonds. The Kier molecular flexibility index (Phi) is 9.66. The number of hydrogen-bond acceptors (Lipinski definition) is 5. The van der Waals surface area contributed by atoms with Gasteiger partial charge in [-0.25, -0.2) is 0 Å². The van der Waals surface area contributed by atoms with Gasteiger partial charge in [0, 0.05) is 6.42 Å². The number of carbonyl (C=O) groups is 1. The van der Waals surface area contributed by atoms with Gasteiger partial charge in [0.05, 0.1) is 25.9 Å². The number of ether oxygens (including phenoxy) is 3. The summed E-state index contributed by atoms with van der Waals surface area (Å²) in [6.45, 7) is 13.7. The lowest BCUT2D eigenvalue weighted by Gasteiger charge is -2.40. The minimum absolute atomic E-state index is 0.109. The molecule has 0 aromatic heterocycles. The Labute approximate surface area is 165 Å². The maximum absolute atomic E-state index is 11.6. The zero-order valence-electron chi connectivity index (χ0n) is 17.9. The van der Waals surface area contributed by atoms with Gasteiger partial charge in [-0.05, 0) is 37.0 Å². The number of hydrogen-bond donors (Lipinski definition) is 0. The molecule has 0 saturated carbocycles. The van der Waals surface area contributed by atoms with Crippen LogP contribution in [0.5, 0.6) is 0 Å². The Bertz CT molecular complexity index is 553. The summed E-state index contributed by atoms with van der Waals surface area (Å²) in [5, 5.41) is 0.109. The molecule has 0 spiro atoms. The van der Waals surface area contributed by atoms with Crippen LogP contribution in [0.15, 0.2) is 30.3 Å². The van der Waals surface area contributed by atoms with Crippen LogP contribution in [0, 0.1) is 0 Å². The summed E-state index contributed by atoms with van der Waals surface area (Å²) < 4.78 is 22.8. The predicted octanol–water partition coefficient (Wildman–Crippen LogP) is 4.91. The summed E-state index contributed by atoms with van der Waals surface area (Å²) in [5.41, 5.74) is 1.10. The van der Waals surface area contributed by atoms with Gasteiger partial charge in [0.1, 0.15) is 6.79 Å². The molecule has 6 heteroatoms. The Balaban J connectivity index is 2.61. The molecular formula is C21H36O5Si. The fraction of sp³-hybridized carbons (Fsp3) is 0.667. The van der Waals surface area contributed by atoms with Gasteiger partial charge in [-0.2, -0.15) is 0 Å². The minimum atomic E-state index is -1.93. The van der Waals surface area contributed by atoms with Gasteiger partial charge in [-0.3, -0.25) is 4.79 Å². The SMILES string of the molecule is COC(=O)CC[C@@H](OCOCc1ccccc1)[C@H](C)O[Si](C)(C)C(C)(C)C. The average Bonchev–Trinajstić information content (AvgIpc) is 2.60. The molecule has 0 bridgehead atoms. The zero-order chi connectivity index (χ0) is 20.5. The lowest BCUT2D eigenvalue weighted by Crippen LogP contribution is -2.46. The molecule has 0 aliphatic heterocycles. The maximum Gasteiger partial charge on any atom is 0.305 e. The summed E-state index contributed by atoms with van der Waals surface area (Å²) in [4.78, 5) is 11.6. The number of benzene rings is 1. The second kappa shape index (κ2) is 11.0. The molecule has 5 nitrogen and oxygen atoms in total. The molecule has 0 unspecified atom stereocenters. The van der Waals surface area contributed by atoms with Crippen LogP contribution in [0.3, 0.4) is 0 Å². The topological polar surface area (TPSA) is 54.0 Å². The van der Waals surface area contributed by atoms with Crippen molar-refractivity contribution in [3.63, 3.8) is 0 Å². The third-order valence-electron chi connectivity index (χ3n) is 5.15. The summed E-state index contributed by atoms with van der Waals surface area (Å²) in [6.07, 6.45) is 0.479. The fourth-order valence-electron chi connectivity index (χ4n) is 2.40. The van der Waals surface area contributed by atoms with Gasteiger partial charge in [-0.1, -0.05) is 51.1 Å². The molecule has 154 valence electrons. The highest BCUT2D eigenvalue weighted by atomic mass is 28.4. The van der Waals surface area contributed by atoms with E-state index >= 15 is 0 Å². The van der Waals surface area contributed by atoms with Crippen LogP contribution in [0.25, 0.3) is 0 Å². The van der Waals surface area contributed by atoms with Crippen LogP contribution in [-0.2, 0) is 30.0 Å². The molecule has 27 heavy (non-hydrogen) atoms. The van der Waals surface area contributed by atoms with Crippen LogP contribution in [0.4, 0.5) is 0 Å². The molecule has 1 aromatic rings. The summed E-state index contributed by atoms with van der Waals surface area (Å²) >= 11 is 0. The molecule has 0 fully saturated rings. The Morgan fingerprint density at radius 3 is 2.33 bits per heavy atom. The highest BCUT2D eigenvalue weighted by molar-refractivity contribution is 6.74. The van der Waals surface area contributed by atoms with Crippen LogP contribution < -0.4 is 0 Å². The summed E-state index contributed by atoms with van der Waals surface area (Å²) in [5.74, 6) is -0.242. The minimum Gasteiger partial charge on any atom is -0.469 e. The van der Waals surface area contributed by atoms with E-state index in [4.69, 9.17) is 18.6 Å². The standard InChI is InChI=1S/C21H36O5Si/c1-17(26-27(6,7)21(2,3)4)19(13-14-20(22)23-5)25-16-24-15-18-11-9-8-10-12-18/h8-12,17,19H,13-16H2,1-7H3/t17-,19+/m0/s1. The normalized spacial score (nSPS) is 14.6. The molecule has 0 N–H and O–H groups in total. The predicted molar refractivity (Wildman–Crippen MR) is 110 cm³/mol. The van der Waals surface area contributed by atoms with Gasteiger partial charge >= 0.3 is 5.97 Å². The quantitative estimate of drug-likeness (QED) is 0.230. The first-order chi connectivity index (χ1) is 12.6. The van der Waals surface area contributed by atoms with E-state index in [1.165, 1.54) is 7.11 Å². The smallest absolute Gasteiger partial charge is 0.305 e. The monoisotopic (exact) mass is 396 g/mol. The molecule has 0 aliphatic rings. The van der Waals surface area contributed by atoms with Gasteiger partial charge < -0.3 is 18.6 Å². The van der Waals surface area contributed by atoms with Gasteiger partial charge in [0.25, 0.3) is 0 Å². The van der Waals surface area contributed by atoms with Crippen LogP contribution >= 0.6 is 0 Å². The highest BCUT2D eigenvalue weighted by Gasteiger charge is 2.39. The molecule has 0 aliphatic carbocycles. The van der Waals surface area contributed by atoms with E-state index in [1.54, 1.807) is 0 Å². The van der Waals surface area contributed by atoms with Crippen molar-refractivity contribution in [3.8, 4) is 0 Å². The fourth-order valence-corrected chi connectivity index (χ4v) is 3.84. The van der Waals surface area contributed by atoms with E-state index in [0.717, 1.165) is 5.56 Å². The Morgan fingerprint density at radius 1 is 1.15 bits per heavy atom. The Morgan fingerprint density at radius 2 is 1.78 bits per heavy atom. The summed E-state index contributed by atoms with van der Waals surface area (Å²) in [7, 11) is -0.533. The lowest BCUT2D eigenvalue weighted by atomic mass is 10.1. The van der Waals surface area contributed by atoms with Gasteiger partial charge in [0.2, 0.25) is 0 Å². The van der Waals surface area contributed by atoms with E-state index in [9.17, 15) is 4.79 Å². The lowest BCUT2D eigenvalue weighted by molar-refractivity contribution is -0.146. The number of methoxy groups -OCH3 is 1. The number of rotatable bonds is 11. The van der Waals surface area contributed by atoms with Gasteiger partial charge in [0.15, 0.2) is 8.32 Å². The van der Waals surface area contributed by atoms with Crippen molar-refractivity contribution in [3.05, 3.63) is 35.9 Å². The second-order valence-corrected chi connectivity index (χ2v) is 13.1. The molecule has 1 rings (SSSR count). The van der Waals surface area contributed by atoms with Crippen molar-refractivity contribution < 1.29 is 23.4 Å². The van der Waals surface area contributed by atoms with Crippen molar-refractivity contribution in [1.29, 1.82) is 0 Å². The van der Waals surface area contributed by atoms with E-state index in [2.05, 4.69) is 33.9 Å². The van der Waals surface area contributed by atoms with Crippen LogP contribution in [0.2, 0.25) is 18.1 Å². The number of carbonyl (C=O) groups excluding carboxylic acids is 1. The summed E-state index contributed by atoms with van der Waals surface area (Å²) in [6, 6.07) is 9.96. The maximum atomic E-state index is 11.6. The van der Waals surface area contributed by atoms with Crippen molar-refractivity contribution in [2.75, 3.05) is 13.9 Å². The van der Waals surface area contributed by atoms with Crippen molar-refractivity contribution in [2.45, 2.75) is 77.5 Å². The first-order valence-electron chi connectivity index (χ1n) is 9.54. The third-order valence-corrected chi connectivity index (χ3v) is 9.72. The second-order valence-electron chi connectivity index (χ2n) is 8.36. The van der Waals surface area contributed by atoms with Gasteiger partial charge in [-0.15, -0.1) is 0 Å². The molecule has 0 radical (unpaired) electrons. The molecule has 1 aromatic carbocycles. The van der Waals surface area contributed by atoms with E-state index in [-0.39, 0.29) is 30.0 Å². The first kappa shape index (κ1) is 23.8. The van der Waals surface area contributed by atoms with E-state index in [0.29, 0.717) is 19.4 Å². The zero-order valence-corrected chi connectivity index (χ0v) is 18.9. The van der Waals surface area contributed by atoms with E-state index < -0.39 is 8.32 Å². The van der Waals surface area contributed by atoms with Crippen LogP contribution in [-0.4, -0.2) is 40.4 Å². The first-order valence-corrected chi connectivity index (χ1v) is 12.5. The van der Waals surface area contributed by atoms with Crippen LogP contribution in [0.1, 0.15) is 46.1 Å². The number of esters is 1. The highest BCUT2D eigenvalue weighted by Crippen LogP contribution is 2.38. The molecule has 0 saturated heterocycles. The molecular weight excluding hydrogens is 360 g/mol. The average molecular weight is 397 g/mol. The van der Waals surface area contributed by atoms with E-state index in [1.807, 2.05) is 37.3 Å². The van der Waals surface area contributed by atoms with Crippen molar-refractivity contribution in [1.82, 2.24) is 0 Å². The molecule has 2 atom stereocenters. The van der Waals surface area contributed by atoms with Crippen molar-refractivity contribution in [2.24, 2.45) is 0 Å². The van der Waals surface area contributed by atoms with Crippen molar-refractivity contribution >= 4 is 14.3 Å². The third kappa shape index (κ3) is 8.56. The Hall–Kier alpha value is -1.21. The molecule has 0 heterocycles. The largest absolute Gasteiger partial charge is 0.469 e.